The normalized spacial score (nSPS) is 14.8. The van der Waals surface area contributed by atoms with Gasteiger partial charge in [-0.05, 0) is 18.9 Å². The summed E-state index contributed by atoms with van der Waals surface area (Å²) < 4.78 is 0.398. The van der Waals surface area contributed by atoms with Crippen molar-refractivity contribution in [3.8, 4) is 0 Å². The molecule has 1 N–H and O–H groups in total. The summed E-state index contributed by atoms with van der Waals surface area (Å²) in [5, 5.41) is 20.3. The van der Waals surface area contributed by atoms with E-state index in [1.807, 2.05) is 0 Å². The molecule has 18 heavy (non-hydrogen) atoms. The molecule has 0 radical (unpaired) electrons. The number of rotatable bonds is 3. The van der Waals surface area contributed by atoms with Gasteiger partial charge in [0, 0.05) is 23.6 Å². The molecule has 1 aliphatic heterocycles. The van der Waals surface area contributed by atoms with Crippen LogP contribution >= 0.6 is 15.9 Å². The first-order chi connectivity index (χ1) is 8.50. The van der Waals surface area contributed by atoms with Gasteiger partial charge in [0.15, 0.2) is 0 Å². The number of carboxylic acid groups (broad SMARTS) is 1. The number of aromatic carboxylic acids is 1. The molecule has 1 aliphatic rings. The van der Waals surface area contributed by atoms with Gasteiger partial charge in [-0.2, -0.15) is 0 Å². The molecule has 6 nitrogen and oxygen atoms in total. The van der Waals surface area contributed by atoms with Crippen molar-refractivity contribution in [2.75, 3.05) is 18.0 Å². The number of nitro groups is 1. The quantitative estimate of drug-likeness (QED) is 0.685. The SMILES string of the molecule is O=C(O)c1cc(Br)cc([N+](=O)[O-])c1N1CCCC1. The lowest BCUT2D eigenvalue weighted by molar-refractivity contribution is -0.384. The molecule has 0 bridgehead atoms. The highest BCUT2D eigenvalue weighted by molar-refractivity contribution is 9.10. The smallest absolute Gasteiger partial charge is 0.338 e. The maximum Gasteiger partial charge on any atom is 0.338 e. The monoisotopic (exact) mass is 314 g/mol. The summed E-state index contributed by atoms with van der Waals surface area (Å²) in [7, 11) is 0. The highest BCUT2D eigenvalue weighted by Crippen LogP contribution is 2.37. The van der Waals surface area contributed by atoms with Crippen LogP contribution in [0.5, 0.6) is 0 Å². The van der Waals surface area contributed by atoms with Crippen molar-refractivity contribution in [1.29, 1.82) is 0 Å². The number of benzene rings is 1. The number of anilines is 1. The maximum absolute atomic E-state index is 11.2. The molecule has 2 rings (SSSR count). The first kappa shape index (κ1) is 12.8. The van der Waals surface area contributed by atoms with Crippen LogP contribution < -0.4 is 4.90 Å². The Labute approximate surface area is 111 Å². The molecule has 0 saturated carbocycles. The van der Waals surface area contributed by atoms with Gasteiger partial charge in [-0.25, -0.2) is 4.79 Å². The number of nitrogens with zero attached hydrogens (tertiary/aromatic N) is 2. The minimum absolute atomic E-state index is 0.0297. The lowest BCUT2D eigenvalue weighted by Crippen LogP contribution is -2.22. The van der Waals surface area contributed by atoms with Gasteiger partial charge in [-0.15, -0.1) is 0 Å². The largest absolute Gasteiger partial charge is 0.478 e. The number of carboxylic acids is 1. The molecule has 1 heterocycles. The van der Waals surface area contributed by atoms with E-state index in [4.69, 9.17) is 0 Å². The Bertz CT molecular complexity index is 477. The molecule has 0 aliphatic carbocycles. The number of hydrogen-bond acceptors (Lipinski definition) is 4. The summed E-state index contributed by atoms with van der Waals surface area (Å²) in [5.74, 6) is -1.15. The predicted molar refractivity (Wildman–Crippen MR) is 69.2 cm³/mol. The molecule has 1 fully saturated rings. The van der Waals surface area contributed by atoms with Crippen molar-refractivity contribution in [2.45, 2.75) is 12.8 Å². The number of carbonyl (C=O) groups is 1. The van der Waals surface area contributed by atoms with E-state index >= 15 is 0 Å². The van der Waals surface area contributed by atoms with Gasteiger partial charge in [-0.3, -0.25) is 10.1 Å². The topological polar surface area (TPSA) is 83.7 Å². The Morgan fingerprint density at radius 2 is 2.00 bits per heavy atom. The van der Waals surface area contributed by atoms with Gasteiger partial charge in [0.1, 0.15) is 5.69 Å². The Balaban J connectivity index is 2.64. The van der Waals surface area contributed by atoms with Crippen LogP contribution in [0.15, 0.2) is 16.6 Å². The van der Waals surface area contributed by atoms with Gasteiger partial charge in [0.05, 0.1) is 10.5 Å². The third kappa shape index (κ3) is 2.31. The van der Waals surface area contributed by atoms with Gasteiger partial charge < -0.3 is 10.0 Å². The summed E-state index contributed by atoms with van der Waals surface area (Å²) in [6, 6.07) is 2.75. The van der Waals surface area contributed by atoms with Gasteiger partial charge in [-0.1, -0.05) is 15.9 Å². The molecule has 1 saturated heterocycles. The average Bonchev–Trinajstić information content (AvgIpc) is 2.80. The van der Waals surface area contributed by atoms with E-state index in [9.17, 15) is 20.0 Å². The van der Waals surface area contributed by atoms with E-state index in [0.717, 1.165) is 12.8 Å². The molecule has 0 atom stereocenters. The zero-order valence-electron chi connectivity index (χ0n) is 9.43. The summed E-state index contributed by atoms with van der Waals surface area (Å²) in [6.07, 6.45) is 1.85. The molecule has 0 amide bonds. The van der Waals surface area contributed by atoms with Crippen molar-refractivity contribution < 1.29 is 14.8 Å². The van der Waals surface area contributed by atoms with Crippen LogP contribution in [0.25, 0.3) is 0 Å². The first-order valence-electron chi connectivity index (χ1n) is 5.47. The summed E-state index contributed by atoms with van der Waals surface area (Å²) in [6.45, 7) is 1.31. The second-order valence-electron chi connectivity index (χ2n) is 4.08. The maximum atomic E-state index is 11.2. The fraction of sp³-hybridized carbons (Fsp3) is 0.364. The molecular weight excluding hydrogens is 304 g/mol. The van der Waals surface area contributed by atoms with Gasteiger partial charge >= 0.3 is 5.97 Å². The van der Waals surface area contributed by atoms with Gasteiger partial charge in [0.2, 0.25) is 0 Å². The van der Waals surface area contributed by atoms with Crippen LogP contribution in [0.2, 0.25) is 0 Å². The van der Waals surface area contributed by atoms with Crippen LogP contribution in [0.3, 0.4) is 0 Å². The standard InChI is InChI=1S/C11H11BrN2O4/c12-7-5-8(11(15)16)10(9(6-7)14(17)18)13-3-1-2-4-13/h5-6H,1-4H2,(H,15,16). The van der Waals surface area contributed by atoms with Crippen LogP contribution in [0, 0.1) is 10.1 Å². The van der Waals surface area contributed by atoms with Crippen LogP contribution in [0.4, 0.5) is 11.4 Å². The van der Waals surface area contributed by atoms with E-state index in [1.54, 1.807) is 4.90 Å². The Hall–Kier alpha value is -1.63. The van der Waals surface area contributed by atoms with Gasteiger partial charge in [0.25, 0.3) is 5.69 Å². The molecule has 0 spiro atoms. The van der Waals surface area contributed by atoms with E-state index in [0.29, 0.717) is 17.6 Å². The Morgan fingerprint density at radius 3 is 2.50 bits per heavy atom. The summed E-state index contributed by atoms with van der Waals surface area (Å²) >= 11 is 3.11. The molecule has 1 aromatic rings. The minimum atomic E-state index is -1.15. The van der Waals surface area contributed by atoms with E-state index in [-0.39, 0.29) is 16.9 Å². The second kappa shape index (κ2) is 4.93. The summed E-state index contributed by atoms with van der Waals surface area (Å²) in [4.78, 5) is 23.5. The molecule has 0 unspecified atom stereocenters. The highest BCUT2D eigenvalue weighted by atomic mass is 79.9. The molecule has 1 aromatic carbocycles. The van der Waals surface area contributed by atoms with E-state index in [1.165, 1.54) is 12.1 Å². The number of hydrogen-bond donors (Lipinski definition) is 1. The first-order valence-corrected chi connectivity index (χ1v) is 6.26. The lowest BCUT2D eigenvalue weighted by atomic mass is 10.1. The van der Waals surface area contributed by atoms with Crippen molar-refractivity contribution in [3.63, 3.8) is 0 Å². The van der Waals surface area contributed by atoms with Crippen LogP contribution in [-0.2, 0) is 0 Å². The predicted octanol–water partition coefficient (Wildman–Crippen LogP) is 2.66. The fourth-order valence-corrected chi connectivity index (χ4v) is 2.61. The molecule has 96 valence electrons. The minimum Gasteiger partial charge on any atom is -0.478 e. The Morgan fingerprint density at radius 1 is 1.39 bits per heavy atom. The Kier molecular flexibility index (Phi) is 3.51. The highest BCUT2D eigenvalue weighted by Gasteiger charge is 2.28. The zero-order chi connectivity index (χ0) is 13.3. The van der Waals surface area contributed by atoms with Crippen LogP contribution in [-0.4, -0.2) is 29.1 Å². The molecular formula is C11H11BrN2O4. The van der Waals surface area contributed by atoms with Crippen molar-refractivity contribution in [3.05, 3.63) is 32.3 Å². The zero-order valence-corrected chi connectivity index (χ0v) is 11.0. The fourth-order valence-electron chi connectivity index (χ4n) is 2.16. The van der Waals surface area contributed by atoms with Crippen LogP contribution in [0.1, 0.15) is 23.2 Å². The van der Waals surface area contributed by atoms with E-state index < -0.39 is 10.9 Å². The summed E-state index contributed by atoms with van der Waals surface area (Å²) in [5.41, 5.74) is 0.0230. The van der Waals surface area contributed by atoms with Crippen molar-refractivity contribution in [1.82, 2.24) is 0 Å². The lowest BCUT2D eigenvalue weighted by Gasteiger charge is -2.19. The van der Waals surface area contributed by atoms with E-state index in [2.05, 4.69) is 15.9 Å². The van der Waals surface area contributed by atoms with Crippen molar-refractivity contribution >= 4 is 33.3 Å². The average molecular weight is 315 g/mol. The van der Waals surface area contributed by atoms with Crippen molar-refractivity contribution in [2.24, 2.45) is 0 Å². The third-order valence-electron chi connectivity index (χ3n) is 2.90. The second-order valence-corrected chi connectivity index (χ2v) is 4.99. The number of halogens is 1. The molecule has 0 aromatic heterocycles. The number of nitro benzene ring substituents is 1. The third-order valence-corrected chi connectivity index (χ3v) is 3.36. The molecule has 7 heteroatoms.